The fourth-order valence-corrected chi connectivity index (χ4v) is 2.41. The van der Waals surface area contributed by atoms with Crippen molar-refractivity contribution in [2.24, 2.45) is 0 Å². The van der Waals surface area contributed by atoms with E-state index in [1.807, 2.05) is 36.4 Å². The van der Waals surface area contributed by atoms with Crippen molar-refractivity contribution >= 4 is 29.6 Å². The van der Waals surface area contributed by atoms with Crippen LogP contribution in [0.25, 0.3) is 22.3 Å². The third-order valence-electron chi connectivity index (χ3n) is 3.15. The van der Waals surface area contributed by atoms with Crippen LogP contribution in [0.3, 0.4) is 0 Å². The van der Waals surface area contributed by atoms with Crippen LogP contribution < -0.4 is 0 Å². The Bertz CT molecular complexity index is 833. The maximum Gasteiger partial charge on any atom is 0.340 e. The number of rotatable bonds is 2. The third kappa shape index (κ3) is 2.48. The Balaban J connectivity index is 2.34. The summed E-state index contributed by atoms with van der Waals surface area (Å²) in [7, 11) is 1.35. The van der Waals surface area contributed by atoms with Crippen LogP contribution in [0.1, 0.15) is 10.4 Å². The van der Waals surface area contributed by atoms with Crippen molar-refractivity contribution in [3.63, 3.8) is 0 Å². The smallest absolute Gasteiger partial charge is 0.340 e. The van der Waals surface area contributed by atoms with Crippen molar-refractivity contribution in [1.82, 2.24) is 9.97 Å². The van der Waals surface area contributed by atoms with E-state index in [0.717, 1.165) is 16.0 Å². The molecule has 0 aliphatic rings. The fraction of sp³-hybridized carbons (Fsp3) is 0.0625. The molecule has 0 atom stereocenters. The first kappa shape index (κ1) is 13.6. The molecule has 3 rings (SSSR count). The van der Waals surface area contributed by atoms with Crippen molar-refractivity contribution in [1.29, 1.82) is 0 Å². The number of esters is 1. The summed E-state index contributed by atoms with van der Waals surface area (Å²) >= 11 is 4.44. The van der Waals surface area contributed by atoms with Gasteiger partial charge in [-0.2, -0.15) is 0 Å². The summed E-state index contributed by atoms with van der Waals surface area (Å²) in [5, 5.41) is 0. The molecule has 104 valence electrons. The Labute approximate surface area is 127 Å². The molecule has 21 heavy (non-hydrogen) atoms. The number of carbonyl (C=O) groups excluding carboxylic acids is 1. The van der Waals surface area contributed by atoms with Crippen molar-refractivity contribution in [2.75, 3.05) is 7.11 Å². The lowest BCUT2D eigenvalue weighted by atomic mass is 10.0. The molecular weight excluding hydrogens is 284 g/mol. The number of nitrogens with zero attached hydrogens (tertiary/aromatic N) is 2. The van der Waals surface area contributed by atoms with Gasteiger partial charge in [0.15, 0.2) is 0 Å². The largest absolute Gasteiger partial charge is 0.465 e. The molecule has 0 radical (unpaired) electrons. The van der Waals surface area contributed by atoms with Gasteiger partial charge in [0.2, 0.25) is 0 Å². The van der Waals surface area contributed by atoms with E-state index in [1.54, 1.807) is 12.3 Å². The maximum absolute atomic E-state index is 12.0. The minimum absolute atomic E-state index is 0.380. The first-order valence-corrected chi connectivity index (χ1v) is 6.78. The summed E-state index contributed by atoms with van der Waals surface area (Å²) in [6.45, 7) is 0. The number of thiol groups is 1. The van der Waals surface area contributed by atoms with Gasteiger partial charge in [-0.25, -0.2) is 9.78 Å². The molecule has 3 aromatic rings. The van der Waals surface area contributed by atoms with Gasteiger partial charge in [-0.05, 0) is 24.3 Å². The third-order valence-corrected chi connectivity index (χ3v) is 3.54. The highest BCUT2D eigenvalue weighted by Gasteiger charge is 2.18. The monoisotopic (exact) mass is 296 g/mol. The Morgan fingerprint density at radius 3 is 2.71 bits per heavy atom. The summed E-state index contributed by atoms with van der Waals surface area (Å²) in [4.78, 5) is 21.6. The number of aromatic nitrogens is 2. The average Bonchev–Trinajstić information content (AvgIpc) is 2.53. The molecule has 0 amide bonds. The summed E-state index contributed by atoms with van der Waals surface area (Å²) in [5.74, 6) is -0.443. The Hall–Kier alpha value is -2.40. The summed E-state index contributed by atoms with van der Waals surface area (Å²) < 4.78 is 4.86. The summed E-state index contributed by atoms with van der Waals surface area (Å²) in [5.41, 5.74) is 3.08. The molecule has 4 nitrogen and oxygen atoms in total. The minimum atomic E-state index is -0.443. The molecule has 0 unspecified atom stereocenters. The standard InChI is InChI=1S/C16H12N2O2S/c1-20-16(19)11-9-13-12(6-4-8-17-13)18-15(11)10-5-2-3-7-14(10)21/h2-9,21H,1H3. The molecule has 2 aromatic heterocycles. The van der Waals surface area contributed by atoms with Crippen LogP contribution in [0.2, 0.25) is 0 Å². The summed E-state index contributed by atoms with van der Waals surface area (Å²) in [6, 6.07) is 12.9. The van der Waals surface area contributed by atoms with E-state index in [9.17, 15) is 4.79 Å². The van der Waals surface area contributed by atoms with Gasteiger partial charge < -0.3 is 4.74 Å². The van der Waals surface area contributed by atoms with Gasteiger partial charge >= 0.3 is 5.97 Å². The Kier molecular flexibility index (Phi) is 3.58. The van der Waals surface area contributed by atoms with Gasteiger partial charge in [-0.1, -0.05) is 18.2 Å². The van der Waals surface area contributed by atoms with Crippen LogP contribution in [0.5, 0.6) is 0 Å². The first-order valence-electron chi connectivity index (χ1n) is 6.33. The number of hydrogen-bond acceptors (Lipinski definition) is 5. The predicted octanol–water partition coefficient (Wildman–Crippen LogP) is 3.37. The minimum Gasteiger partial charge on any atom is -0.465 e. The van der Waals surface area contributed by atoms with Gasteiger partial charge in [0.1, 0.15) is 0 Å². The van der Waals surface area contributed by atoms with Crippen molar-refractivity contribution < 1.29 is 9.53 Å². The Morgan fingerprint density at radius 2 is 1.95 bits per heavy atom. The molecule has 2 heterocycles. The van der Waals surface area contributed by atoms with Crippen LogP contribution in [0.15, 0.2) is 53.6 Å². The second-order valence-corrected chi connectivity index (χ2v) is 4.92. The molecule has 0 N–H and O–H groups in total. The average molecular weight is 296 g/mol. The van der Waals surface area contributed by atoms with Crippen molar-refractivity contribution in [3.05, 3.63) is 54.2 Å². The van der Waals surface area contributed by atoms with Crippen LogP contribution in [0.4, 0.5) is 0 Å². The molecule has 5 heteroatoms. The second kappa shape index (κ2) is 5.54. The zero-order valence-electron chi connectivity index (χ0n) is 11.3. The second-order valence-electron chi connectivity index (χ2n) is 4.43. The normalized spacial score (nSPS) is 10.6. The molecule has 0 saturated carbocycles. The predicted molar refractivity (Wildman–Crippen MR) is 83.6 cm³/mol. The maximum atomic E-state index is 12.0. The molecule has 1 aromatic carbocycles. The number of carbonyl (C=O) groups is 1. The highest BCUT2D eigenvalue weighted by atomic mass is 32.1. The lowest BCUT2D eigenvalue weighted by Gasteiger charge is -2.10. The molecule has 0 spiro atoms. The number of hydrogen-bond donors (Lipinski definition) is 1. The quantitative estimate of drug-likeness (QED) is 0.582. The van der Waals surface area contributed by atoms with Gasteiger partial charge in [0, 0.05) is 16.7 Å². The van der Waals surface area contributed by atoms with Crippen LogP contribution >= 0.6 is 12.6 Å². The number of ether oxygens (including phenoxy) is 1. The van der Waals surface area contributed by atoms with E-state index in [1.165, 1.54) is 7.11 Å². The van der Waals surface area contributed by atoms with E-state index >= 15 is 0 Å². The first-order chi connectivity index (χ1) is 10.2. The fourth-order valence-electron chi connectivity index (χ4n) is 2.15. The van der Waals surface area contributed by atoms with E-state index in [2.05, 4.69) is 22.6 Å². The highest BCUT2D eigenvalue weighted by Crippen LogP contribution is 2.30. The lowest BCUT2D eigenvalue weighted by molar-refractivity contribution is 0.0601. The van der Waals surface area contributed by atoms with Crippen molar-refractivity contribution in [3.8, 4) is 11.3 Å². The number of pyridine rings is 2. The molecule has 0 fully saturated rings. The van der Waals surface area contributed by atoms with Gasteiger partial charge in [-0.15, -0.1) is 12.6 Å². The van der Waals surface area contributed by atoms with Crippen LogP contribution in [-0.2, 0) is 4.74 Å². The van der Waals surface area contributed by atoms with Crippen LogP contribution in [0, 0.1) is 0 Å². The molecule has 0 aliphatic heterocycles. The molecular formula is C16H12N2O2S. The van der Waals surface area contributed by atoms with E-state index < -0.39 is 5.97 Å². The zero-order valence-corrected chi connectivity index (χ0v) is 12.2. The van der Waals surface area contributed by atoms with E-state index in [-0.39, 0.29) is 0 Å². The van der Waals surface area contributed by atoms with E-state index in [4.69, 9.17) is 4.74 Å². The van der Waals surface area contributed by atoms with Gasteiger partial charge in [0.25, 0.3) is 0 Å². The van der Waals surface area contributed by atoms with Crippen LogP contribution in [-0.4, -0.2) is 23.0 Å². The van der Waals surface area contributed by atoms with Gasteiger partial charge in [0.05, 0.1) is 29.4 Å². The molecule has 0 bridgehead atoms. The number of fused-ring (bicyclic) bond motifs is 1. The number of methoxy groups -OCH3 is 1. The Morgan fingerprint density at radius 1 is 1.14 bits per heavy atom. The van der Waals surface area contributed by atoms with E-state index in [0.29, 0.717) is 16.8 Å². The highest BCUT2D eigenvalue weighted by molar-refractivity contribution is 7.80. The van der Waals surface area contributed by atoms with Crippen molar-refractivity contribution in [2.45, 2.75) is 4.90 Å². The topological polar surface area (TPSA) is 52.1 Å². The number of benzene rings is 1. The van der Waals surface area contributed by atoms with Gasteiger partial charge in [-0.3, -0.25) is 4.98 Å². The molecule has 0 saturated heterocycles. The SMILES string of the molecule is COC(=O)c1cc2ncccc2nc1-c1ccccc1S. The molecule has 0 aliphatic carbocycles. The zero-order chi connectivity index (χ0) is 14.8. The lowest BCUT2D eigenvalue weighted by Crippen LogP contribution is -2.06. The summed E-state index contributed by atoms with van der Waals surface area (Å²) in [6.07, 6.45) is 1.66.